The summed E-state index contributed by atoms with van der Waals surface area (Å²) < 4.78 is 0. The number of anilines is 4. The number of hydrogen-bond donors (Lipinski definition) is 2. The van der Waals surface area contributed by atoms with E-state index in [4.69, 9.17) is 0 Å². The lowest BCUT2D eigenvalue weighted by Gasteiger charge is -2.23. The van der Waals surface area contributed by atoms with Crippen LogP contribution in [0.1, 0.15) is 25.0 Å². The maximum Gasteiger partial charge on any atom is 0.0387 e. The quantitative estimate of drug-likeness (QED) is 0.205. The first-order chi connectivity index (χ1) is 22.0. The summed E-state index contributed by atoms with van der Waals surface area (Å²) in [5.74, 6) is 0. The number of hydrogen-bond acceptors (Lipinski definition) is 2. The second kappa shape index (κ2) is 10.8. The molecule has 0 aliphatic heterocycles. The van der Waals surface area contributed by atoms with Gasteiger partial charge in [-0.2, -0.15) is 0 Å². The molecule has 7 aromatic rings. The van der Waals surface area contributed by atoms with Crippen molar-refractivity contribution in [3.8, 4) is 33.4 Å². The molecule has 0 fully saturated rings. The van der Waals surface area contributed by atoms with Crippen LogP contribution in [-0.4, -0.2) is 0 Å². The molecule has 1 aliphatic carbocycles. The zero-order valence-electron chi connectivity index (χ0n) is 25.5. The van der Waals surface area contributed by atoms with Crippen LogP contribution in [-0.2, 0) is 5.41 Å². The van der Waals surface area contributed by atoms with E-state index >= 15 is 0 Å². The zero-order valence-corrected chi connectivity index (χ0v) is 25.5. The van der Waals surface area contributed by atoms with Crippen molar-refractivity contribution in [3.05, 3.63) is 169 Å². The molecule has 0 atom stereocenters. The fourth-order valence-corrected chi connectivity index (χ4v) is 6.72. The Bertz CT molecular complexity index is 2160. The van der Waals surface area contributed by atoms with Crippen LogP contribution in [0.4, 0.5) is 22.7 Å². The molecule has 7 aromatic carbocycles. The zero-order chi connectivity index (χ0) is 30.4. The van der Waals surface area contributed by atoms with E-state index < -0.39 is 0 Å². The summed E-state index contributed by atoms with van der Waals surface area (Å²) in [6.45, 7) is 4.66. The summed E-state index contributed by atoms with van der Waals surface area (Å²) in [6, 6.07) is 56.6. The van der Waals surface area contributed by atoms with E-state index in [2.05, 4.69) is 182 Å². The second-order valence-electron chi connectivity index (χ2n) is 12.5. The van der Waals surface area contributed by atoms with E-state index in [1.54, 1.807) is 0 Å². The standard InChI is InChI=1S/C43H34N2/c1-43(2)41-27-37(44-35-18-14-31(15-19-35)29-8-4-3-5-9-29)22-24-39(41)40-25-23-38(28-42(40)43)45-36-20-16-32(17-21-36)34-13-12-30-10-6-7-11-33(30)26-34/h3-28,44-45H,1-2H3. The predicted octanol–water partition coefficient (Wildman–Crippen LogP) is 12.0. The normalized spacial score (nSPS) is 12.8. The summed E-state index contributed by atoms with van der Waals surface area (Å²) >= 11 is 0. The molecule has 0 unspecified atom stereocenters. The number of rotatable bonds is 6. The molecule has 216 valence electrons. The van der Waals surface area contributed by atoms with Gasteiger partial charge in [-0.05, 0) is 110 Å². The lowest BCUT2D eigenvalue weighted by Crippen LogP contribution is -2.15. The van der Waals surface area contributed by atoms with Crippen molar-refractivity contribution in [1.29, 1.82) is 0 Å². The SMILES string of the molecule is CC1(C)c2cc(Nc3ccc(-c4ccccc4)cc3)ccc2-c2ccc(Nc3ccc(-c4ccc5ccccc5c4)cc3)cc21. The summed E-state index contributed by atoms with van der Waals surface area (Å²) in [4.78, 5) is 0. The fourth-order valence-electron chi connectivity index (χ4n) is 6.72. The lowest BCUT2D eigenvalue weighted by atomic mass is 9.82. The van der Waals surface area contributed by atoms with Gasteiger partial charge in [0, 0.05) is 28.2 Å². The third-order valence-electron chi connectivity index (χ3n) is 9.21. The Kier molecular flexibility index (Phi) is 6.50. The highest BCUT2D eigenvalue weighted by molar-refractivity contribution is 5.88. The van der Waals surface area contributed by atoms with Crippen LogP contribution in [0, 0.1) is 0 Å². The van der Waals surface area contributed by atoms with Crippen LogP contribution in [0.2, 0.25) is 0 Å². The summed E-state index contributed by atoms with van der Waals surface area (Å²) in [7, 11) is 0. The Morgan fingerprint density at radius 2 is 0.800 bits per heavy atom. The van der Waals surface area contributed by atoms with Crippen molar-refractivity contribution in [2.75, 3.05) is 10.6 Å². The van der Waals surface area contributed by atoms with Gasteiger partial charge in [-0.3, -0.25) is 0 Å². The highest BCUT2D eigenvalue weighted by Crippen LogP contribution is 2.50. The van der Waals surface area contributed by atoms with Crippen molar-refractivity contribution in [1.82, 2.24) is 0 Å². The Hall–Kier alpha value is -5.60. The van der Waals surface area contributed by atoms with E-state index in [-0.39, 0.29) is 5.41 Å². The molecule has 0 heterocycles. The molecule has 0 radical (unpaired) electrons. The smallest absolute Gasteiger partial charge is 0.0387 e. The molecular weight excluding hydrogens is 544 g/mol. The Morgan fingerprint density at radius 1 is 0.356 bits per heavy atom. The van der Waals surface area contributed by atoms with E-state index in [1.165, 1.54) is 55.3 Å². The third kappa shape index (κ3) is 5.05. The molecule has 0 saturated heterocycles. The molecular formula is C43H34N2. The minimum atomic E-state index is -0.114. The van der Waals surface area contributed by atoms with Gasteiger partial charge in [-0.1, -0.05) is 117 Å². The van der Waals surface area contributed by atoms with E-state index in [0.29, 0.717) is 0 Å². The maximum atomic E-state index is 3.65. The molecule has 0 aromatic heterocycles. The van der Waals surface area contributed by atoms with Crippen LogP contribution in [0.15, 0.2) is 158 Å². The van der Waals surface area contributed by atoms with Gasteiger partial charge in [-0.15, -0.1) is 0 Å². The minimum Gasteiger partial charge on any atom is -0.356 e. The van der Waals surface area contributed by atoms with Crippen LogP contribution in [0.25, 0.3) is 44.2 Å². The van der Waals surface area contributed by atoms with Crippen molar-refractivity contribution in [3.63, 3.8) is 0 Å². The van der Waals surface area contributed by atoms with Crippen LogP contribution in [0.3, 0.4) is 0 Å². The van der Waals surface area contributed by atoms with Gasteiger partial charge in [-0.25, -0.2) is 0 Å². The van der Waals surface area contributed by atoms with Gasteiger partial charge in [0.2, 0.25) is 0 Å². The van der Waals surface area contributed by atoms with Gasteiger partial charge >= 0.3 is 0 Å². The second-order valence-corrected chi connectivity index (χ2v) is 12.5. The van der Waals surface area contributed by atoms with Crippen molar-refractivity contribution >= 4 is 33.5 Å². The summed E-state index contributed by atoms with van der Waals surface area (Å²) in [6.07, 6.45) is 0. The van der Waals surface area contributed by atoms with Gasteiger partial charge in [0.1, 0.15) is 0 Å². The van der Waals surface area contributed by atoms with Crippen molar-refractivity contribution in [2.45, 2.75) is 19.3 Å². The molecule has 0 saturated carbocycles. The summed E-state index contributed by atoms with van der Waals surface area (Å²) in [5, 5.41) is 9.82. The molecule has 1 aliphatic rings. The first-order valence-electron chi connectivity index (χ1n) is 15.6. The summed E-state index contributed by atoms with van der Waals surface area (Å²) in [5.41, 5.74) is 14.5. The van der Waals surface area contributed by atoms with Crippen molar-refractivity contribution in [2.24, 2.45) is 0 Å². The lowest BCUT2D eigenvalue weighted by molar-refractivity contribution is 0.661. The monoisotopic (exact) mass is 578 g/mol. The van der Waals surface area contributed by atoms with Gasteiger partial charge < -0.3 is 10.6 Å². The maximum absolute atomic E-state index is 3.65. The molecule has 2 N–H and O–H groups in total. The molecule has 0 bridgehead atoms. The predicted molar refractivity (Wildman–Crippen MR) is 192 cm³/mol. The van der Waals surface area contributed by atoms with Crippen LogP contribution >= 0.6 is 0 Å². The minimum absolute atomic E-state index is 0.114. The Balaban J connectivity index is 1.00. The topological polar surface area (TPSA) is 24.1 Å². The van der Waals surface area contributed by atoms with Gasteiger partial charge in [0.05, 0.1) is 0 Å². The molecule has 45 heavy (non-hydrogen) atoms. The molecule has 2 heteroatoms. The molecule has 2 nitrogen and oxygen atoms in total. The number of benzene rings is 7. The molecule has 0 spiro atoms. The Morgan fingerprint density at radius 3 is 1.38 bits per heavy atom. The number of fused-ring (bicyclic) bond motifs is 4. The largest absolute Gasteiger partial charge is 0.356 e. The number of nitrogens with one attached hydrogen (secondary N) is 2. The fraction of sp³-hybridized carbons (Fsp3) is 0.0698. The van der Waals surface area contributed by atoms with E-state index in [1.807, 2.05) is 0 Å². The van der Waals surface area contributed by atoms with Crippen molar-refractivity contribution < 1.29 is 0 Å². The molecule has 8 rings (SSSR count). The van der Waals surface area contributed by atoms with E-state index in [9.17, 15) is 0 Å². The Labute approximate surface area is 265 Å². The van der Waals surface area contributed by atoms with Gasteiger partial charge in [0.25, 0.3) is 0 Å². The highest BCUT2D eigenvalue weighted by atomic mass is 14.9. The van der Waals surface area contributed by atoms with Crippen LogP contribution in [0.5, 0.6) is 0 Å². The average molecular weight is 579 g/mol. The first kappa shape index (κ1) is 27.0. The van der Waals surface area contributed by atoms with Crippen LogP contribution < -0.4 is 10.6 Å². The van der Waals surface area contributed by atoms with E-state index in [0.717, 1.165) is 22.7 Å². The highest BCUT2D eigenvalue weighted by Gasteiger charge is 2.35. The first-order valence-corrected chi connectivity index (χ1v) is 15.6. The average Bonchev–Trinajstić information content (AvgIpc) is 3.31. The van der Waals surface area contributed by atoms with Gasteiger partial charge in [0.15, 0.2) is 0 Å². The third-order valence-corrected chi connectivity index (χ3v) is 9.21. The molecule has 0 amide bonds.